The number of rotatable bonds is 29. The van der Waals surface area contributed by atoms with Crippen LogP contribution in [-0.4, -0.2) is 128 Å². The van der Waals surface area contributed by atoms with Crippen molar-refractivity contribution in [1.82, 2.24) is 47.2 Å². The number of H-pyrrole nitrogens is 1. The number of nitrogens with two attached hydrogens (primary N) is 1. The van der Waals surface area contributed by atoms with Gasteiger partial charge in [0.15, 0.2) is 0 Å². The topological polar surface area (TPSA) is 316 Å². The molecular weight excluding hydrogens is 873 g/mol. The first kappa shape index (κ1) is 53.9. The summed E-state index contributed by atoms with van der Waals surface area (Å²) in [5.74, 6) is -6.49. The molecule has 0 aliphatic carbocycles. The minimum Gasteiger partial charge on any atom is -0.508 e. The van der Waals surface area contributed by atoms with Gasteiger partial charge in [-0.3, -0.25) is 38.4 Å². The molecule has 7 atom stereocenters. The third kappa shape index (κ3) is 19.3. The summed E-state index contributed by atoms with van der Waals surface area (Å²) in [6.45, 7) is 7.39. The van der Waals surface area contributed by atoms with E-state index in [2.05, 4.69) is 47.2 Å². The van der Waals surface area contributed by atoms with E-state index in [9.17, 15) is 48.6 Å². The molecule has 0 aliphatic rings. The number of amides is 7. The zero-order valence-electron chi connectivity index (χ0n) is 37.9. The number of phenols is 1. The highest BCUT2D eigenvalue weighted by Crippen LogP contribution is 2.14. The van der Waals surface area contributed by atoms with E-state index in [1.165, 1.54) is 36.4 Å². The number of aromatic amines is 1. The fourth-order valence-electron chi connectivity index (χ4n) is 6.58. The monoisotopic (exact) mass is 936 g/mol. The second-order valence-electron chi connectivity index (χ2n) is 16.4. The third-order valence-corrected chi connectivity index (χ3v) is 11.0. The second kappa shape index (κ2) is 27.8. The molecule has 1 heterocycles. The Hall–Kier alpha value is -6.48. The molecule has 0 saturated carbocycles. The third-order valence-electron chi connectivity index (χ3n) is 10.4. The lowest BCUT2D eigenvalue weighted by Crippen LogP contribution is -2.60. The number of aromatic hydroxyl groups is 1. The van der Waals surface area contributed by atoms with E-state index < -0.39 is 90.0 Å². The Morgan fingerprint density at radius 1 is 0.697 bits per heavy atom. The van der Waals surface area contributed by atoms with Gasteiger partial charge < -0.3 is 58.1 Å². The molecule has 21 heteroatoms. The van der Waals surface area contributed by atoms with Crippen molar-refractivity contribution >= 4 is 59.1 Å². The summed E-state index contributed by atoms with van der Waals surface area (Å²) in [6.07, 6.45) is 4.67. The molecule has 0 spiro atoms. The van der Waals surface area contributed by atoms with E-state index >= 15 is 0 Å². The number of carboxylic acids is 1. The molecule has 12 N–H and O–H groups in total. The smallest absolute Gasteiger partial charge is 0.305 e. The number of hydrogen-bond acceptors (Lipinski definition) is 12. The van der Waals surface area contributed by atoms with Crippen LogP contribution in [0.25, 0.3) is 0 Å². The lowest BCUT2D eigenvalue weighted by Gasteiger charge is -2.28. The minimum atomic E-state index is -1.56. The van der Waals surface area contributed by atoms with Crippen LogP contribution in [0.3, 0.4) is 0 Å². The number of primary amides is 1. The van der Waals surface area contributed by atoms with Crippen molar-refractivity contribution in [3.63, 3.8) is 0 Å². The van der Waals surface area contributed by atoms with Crippen molar-refractivity contribution in [3.8, 4) is 5.75 Å². The van der Waals surface area contributed by atoms with Gasteiger partial charge in [-0.25, -0.2) is 4.98 Å². The number of carbonyl (C=O) groups is 8. The van der Waals surface area contributed by atoms with Crippen molar-refractivity contribution in [2.24, 2.45) is 11.7 Å². The molecule has 20 nitrogen and oxygen atoms in total. The molecule has 3 rings (SSSR count). The molecule has 0 radical (unpaired) electrons. The van der Waals surface area contributed by atoms with Crippen molar-refractivity contribution in [2.75, 3.05) is 18.6 Å². The quantitative estimate of drug-likeness (QED) is 0.0444. The van der Waals surface area contributed by atoms with Crippen LogP contribution in [0.2, 0.25) is 0 Å². The number of benzene rings is 2. The fourth-order valence-corrected chi connectivity index (χ4v) is 7.06. The van der Waals surface area contributed by atoms with E-state index in [0.29, 0.717) is 22.6 Å². The van der Waals surface area contributed by atoms with Crippen molar-refractivity contribution in [3.05, 3.63) is 83.9 Å². The summed E-state index contributed by atoms with van der Waals surface area (Å²) in [5, 5.41) is 38.2. The standard InChI is InChI=1S/C45H64N10O10S/c1-6-27(4)48-24-38(57)50-35(20-29-12-14-31(56)15-13-29)43(63)51-32(16-17-66-5)41(61)54-36(19-28-10-8-7-9-11-28)44(64)55-37(21-30-23-47-25-49-30)45(65)53-34(18-26(2)3)42(62)52-33(40(46)60)22-39(58)59/h7-15,23,25-27,32-37,48,56H,6,16-22,24H2,1-5H3,(H2,46,60)(H,47,49)(H,50,57)(H,51,63)(H,52,62)(H,53,65)(H,54,61)(H,55,64)(H,58,59)/t27-,32-,33+,34+,35+,36+,37+/m1/s1. The van der Waals surface area contributed by atoms with Crippen molar-refractivity contribution in [1.29, 1.82) is 0 Å². The number of phenolic OH excluding ortho intramolecular Hbond substituents is 1. The fraction of sp³-hybridized carbons (Fsp3) is 0.489. The minimum absolute atomic E-state index is 0.0186. The zero-order valence-corrected chi connectivity index (χ0v) is 38.7. The van der Waals surface area contributed by atoms with Gasteiger partial charge in [0.2, 0.25) is 41.4 Å². The number of carbonyl (C=O) groups excluding carboxylic acids is 7. The molecule has 7 amide bonds. The lowest BCUT2D eigenvalue weighted by molar-refractivity contribution is -0.140. The Kier molecular flexibility index (Phi) is 22.6. The molecule has 2 aromatic carbocycles. The van der Waals surface area contributed by atoms with Gasteiger partial charge in [0.05, 0.1) is 19.3 Å². The molecule has 360 valence electrons. The summed E-state index contributed by atoms with van der Waals surface area (Å²) in [7, 11) is 0. The highest BCUT2D eigenvalue weighted by Gasteiger charge is 2.34. The van der Waals surface area contributed by atoms with Gasteiger partial charge in [-0.1, -0.05) is 63.2 Å². The summed E-state index contributed by atoms with van der Waals surface area (Å²) in [5.41, 5.74) is 7.06. The normalized spacial score (nSPS) is 14.3. The summed E-state index contributed by atoms with van der Waals surface area (Å²) in [6, 6.07) is 7.13. The van der Waals surface area contributed by atoms with Gasteiger partial charge in [-0.2, -0.15) is 11.8 Å². The predicted molar refractivity (Wildman–Crippen MR) is 247 cm³/mol. The number of hydrogen-bond donors (Lipinski definition) is 11. The van der Waals surface area contributed by atoms with Crippen LogP contribution in [0.5, 0.6) is 5.75 Å². The maximum atomic E-state index is 14.4. The number of aromatic nitrogens is 2. The van der Waals surface area contributed by atoms with Gasteiger partial charge in [0.25, 0.3) is 0 Å². The first-order valence-electron chi connectivity index (χ1n) is 21.7. The van der Waals surface area contributed by atoms with Gasteiger partial charge >= 0.3 is 5.97 Å². The SMILES string of the molecule is CC[C@@H](C)NCC(=O)N[C@@H](Cc1ccc(O)cc1)C(=O)N[C@H](CCSC)C(=O)N[C@@H](Cc1ccccc1)C(=O)N[C@@H](Cc1cnc[nH]1)C(=O)N[C@@H](CC(C)C)C(=O)N[C@@H](CC(=O)O)C(N)=O. The largest absolute Gasteiger partial charge is 0.508 e. The average Bonchev–Trinajstić information content (AvgIpc) is 3.79. The number of nitrogens with one attached hydrogen (secondary N) is 8. The zero-order chi connectivity index (χ0) is 48.8. The van der Waals surface area contributed by atoms with Crippen molar-refractivity contribution < 1.29 is 48.6 Å². The summed E-state index contributed by atoms with van der Waals surface area (Å²) < 4.78 is 0. The highest BCUT2D eigenvalue weighted by molar-refractivity contribution is 7.98. The Morgan fingerprint density at radius 3 is 1.74 bits per heavy atom. The van der Waals surface area contributed by atoms with E-state index in [1.54, 1.807) is 56.3 Å². The number of thioether (sulfide) groups is 1. The van der Waals surface area contributed by atoms with E-state index in [4.69, 9.17) is 5.73 Å². The Bertz CT molecular complexity index is 2060. The Labute approximate surface area is 388 Å². The molecule has 1 aromatic heterocycles. The van der Waals surface area contributed by atoms with E-state index in [-0.39, 0.29) is 56.4 Å². The van der Waals surface area contributed by atoms with Crippen LogP contribution in [0.4, 0.5) is 0 Å². The van der Waals surface area contributed by atoms with Crippen molar-refractivity contribution in [2.45, 2.75) is 115 Å². The van der Waals surface area contributed by atoms with Gasteiger partial charge in [-0.15, -0.1) is 0 Å². The van der Waals surface area contributed by atoms with Crippen LogP contribution < -0.4 is 43.0 Å². The number of imidazole rings is 1. The highest BCUT2D eigenvalue weighted by atomic mass is 32.2. The number of carboxylic acid groups (broad SMARTS) is 1. The van der Waals surface area contributed by atoms with Crippen LogP contribution >= 0.6 is 11.8 Å². The first-order valence-corrected chi connectivity index (χ1v) is 23.1. The Morgan fingerprint density at radius 2 is 1.21 bits per heavy atom. The summed E-state index contributed by atoms with van der Waals surface area (Å²) in [4.78, 5) is 114. The van der Waals surface area contributed by atoms with E-state index in [0.717, 1.165) is 6.42 Å². The molecule has 0 bridgehead atoms. The molecule has 0 unspecified atom stereocenters. The van der Waals surface area contributed by atoms with Crippen LogP contribution in [0, 0.1) is 5.92 Å². The van der Waals surface area contributed by atoms with Gasteiger partial charge in [0.1, 0.15) is 42.0 Å². The number of aliphatic carboxylic acids is 1. The molecule has 3 aromatic rings. The molecule has 66 heavy (non-hydrogen) atoms. The van der Waals surface area contributed by atoms with Crippen LogP contribution in [-0.2, 0) is 57.6 Å². The van der Waals surface area contributed by atoms with Gasteiger partial charge in [-0.05, 0) is 67.4 Å². The maximum absolute atomic E-state index is 14.4. The second-order valence-corrected chi connectivity index (χ2v) is 17.4. The number of nitrogens with zero attached hydrogens (tertiary/aromatic N) is 1. The van der Waals surface area contributed by atoms with E-state index in [1.807, 2.05) is 20.1 Å². The van der Waals surface area contributed by atoms with Crippen LogP contribution in [0.1, 0.15) is 70.2 Å². The lowest BCUT2D eigenvalue weighted by atomic mass is 10.0. The summed E-state index contributed by atoms with van der Waals surface area (Å²) >= 11 is 1.42. The van der Waals surface area contributed by atoms with Crippen LogP contribution in [0.15, 0.2) is 67.1 Å². The first-order chi connectivity index (χ1) is 31.4. The Balaban J connectivity index is 1.93. The predicted octanol–water partition coefficient (Wildman–Crippen LogP) is 0.199. The molecular formula is C45H64N10O10S. The molecule has 0 saturated heterocycles. The average molecular weight is 937 g/mol. The molecule has 0 aliphatic heterocycles. The van der Waals surface area contributed by atoms with Gasteiger partial charge in [0, 0.05) is 37.2 Å². The maximum Gasteiger partial charge on any atom is 0.305 e. The molecule has 0 fully saturated rings.